The third kappa shape index (κ3) is 3.55. The van der Waals surface area contributed by atoms with Crippen LogP contribution in [0, 0.1) is 6.92 Å². The number of hydrogen-bond donors (Lipinski definition) is 0. The predicted octanol–water partition coefficient (Wildman–Crippen LogP) is 5.40. The molecule has 21 heavy (non-hydrogen) atoms. The van der Waals surface area contributed by atoms with Crippen LogP contribution in [-0.2, 0) is 5.41 Å². The molecule has 2 aromatic rings. The van der Waals surface area contributed by atoms with Crippen molar-refractivity contribution in [2.75, 3.05) is 11.9 Å². The van der Waals surface area contributed by atoms with Crippen LogP contribution < -0.4 is 4.90 Å². The second-order valence-electron chi connectivity index (χ2n) is 6.67. The molecule has 0 atom stereocenters. The summed E-state index contributed by atoms with van der Waals surface area (Å²) in [6, 6.07) is 17.2. The Hall–Kier alpha value is -2.02. The van der Waals surface area contributed by atoms with Crippen molar-refractivity contribution in [1.29, 1.82) is 0 Å². The Bertz CT molecular complexity index is 630. The van der Waals surface area contributed by atoms with Crippen molar-refractivity contribution in [3.63, 3.8) is 0 Å². The van der Waals surface area contributed by atoms with E-state index in [0.29, 0.717) is 0 Å². The van der Waals surface area contributed by atoms with E-state index in [-0.39, 0.29) is 5.41 Å². The number of hydrogen-bond acceptors (Lipinski definition) is 1. The van der Waals surface area contributed by atoms with Gasteiger partial charge in [0, 0.05) is 18.4 Å². The standard InChI is InChI=1S/C20H25N/c1-15-10-12-17(13-11-15)16(2)21(6)19-9-7-8-18(14-19)20(3,4)5/h7-14H,2H2,1,3-6H3. The van der Waals surface area contributed by atoms with E-state index in [1.165, 1.54) is 16.8 Å². The predicted molar refractivity (Wildman–Crippen MR) is 93.8 cm³/mol. The zero-order chi connectivity index (χ0) is 15.6. The van der Waals surface area contributed by atoms with Crippen molar-refractivity contribution < 1.29 is 0 Å². The zero-order valence-electron chi connectivity index (χ0n) is 13.8. The van der Waals surface area contributed by atoms with E-state index in [0.717, 1.165) is 11.3 Å². The minimum absolute atomic E-state index is 0.155. The number of nitrogens with zero attached hydrogens (tertiary/aromatic N) is 1. The molecule has 0 aromatic heterocycles. The van der Waals surface area contributed by atoms with Crippen LogP contribution in [0.25, 0.3) is 5.70 Å². The lowest BCUT2D eigenvalue weighted by atomic mass is 9.87. The van der Waals surface area contributed by atoms with Gasteiger partial charge in [-0.1, -0.05) is 69.3 Å². The van der Waals surface area contributed by atoms with Crippen molar-refractivity contribution in [2.45, 2.75) is 33.1 Å². The van der Waals surface area contributed by atoms with E-state index in [2.05, 4.69) is 94.8 Å². The third-order valence-corrected chi connectivity index (χ3v) is 3.89. The first-order valence-electron chi connectivity index (χ1n) is 7.39. The van der Waals surface area contributed by atoms with Gasteiger partial charge >= 0.3 is 0 Å². The van der Waals surface area contributed by atoms with Gasteiger partial charge in [0.15, 0.2) is 0 Å². The maximum atomic E-state index is 4.25. The molecule has 0 spiro atoms. The van der Waals surface area contributed by atoms with Crippen LogP contribution in [0.2, 0.25) is 0 Å². The average molecular weight is 279 g/mol. The lowest BCUT2D eigenvalue weighted by Crippen LogP contribution is -2.16. The summed E-state index contributed by atoms with van der Waals surface area (Å²) in [4.78, 5) is 2.15. The summed E-state index contributed by atoms with van der Waals surface area (Å²) in [5.74, 6) is 0. The fourth-order valence-electron chi connectivity index (χ4n) is 2.28. The van der Waals surface area contributed by atoms with Crippen LogP contribution in [-0.4, -0.2) is 7.05 Å². The van der Waals surface area contributed by atoms with Gasteiger partial charge in [0.1, 0.15) is 0 Å². The summed E-state index contributed by atoms with van der Waals surface area (Å²) in [6.07, 6.45) is 0. The van der Waals surface area contributed by atoms with Gasteiger partial charge < -0.3 is 4.90 Å². The number of benzene rings is 2. The van der Waals surface area contributed by atoms with Crippen LogP contribution in [0.15, 0.2) is 55.1 Å². The largest absolute Gasteiger partial charge is 0.345 e. The van der Waals surface area contributed by atoms with E-state index in [4.69, 9.17) is 0 Å². The molecule has 0 aliphatic carbocycles. The molecule has 1 heteroatoms. The van der Waals surface area contributed by atoms with Gasteiger partial charge in [0.25, 0.3) is 0 Å². The fraction of sp³-hybridized carbons (Fsp3) is 0.300. The Morgan fingerprint density at radius 2 is 1.62 bits per heavy atom. The molecule has 2 aromatic carbocycles. The SMILES string of the molecule is C=C(c1ccc(C)cc1)N(C)c1cccc(C(C)(C)C)c1. The molecule has 110 valence electrons. The molecule has 0 aliphatic rings. The first kappa shape index (κ1) is 15.4. The van der Waals surface area contributed by atoms with E-state index < -0.39 is 0 Å². The summed E-state index contributed by atoms with van der Waals surface area (Å²) in [6.45, 7) is 13.1. The summed E-state index contributed by atoms with van der Waals surface area (Å²) in [5, 5.41) is 0. The summed E-state index contributed by atoms with van der Waals surface area (Å²) in [7, 11) is 2.07. The van der Waals surface area contributed by atoms with Gasteiger partial charge in [0.2, 0.25) is 0 Å². The highest BCUT2D eigenvalue weighted by Crippen LogP contribution is 2.29. The maximum absolute atomic E-state index is 4.25. The van der Waals surface area contributed by atoms with Crippen LogP contribution in [0.5, 0.6) is 0 Å². The van der Waals surface area contributed by atoms with Crippen molar-refractivity contribution >= 4 is 11.4 Å². The van der Waals surface area contributed by atoms with Gasteiger partial charge in [-0.15, -0.1) is 0 Å². The molecule has 2 rings (SSSR count). The second-order valence-corrected chi connectivity index (χ2v) is 6.67. The van der Waals surface area contributed by atoms with E-state index in [1.807, 2.05) is 0 Å². The summed E-state index contributed by atoms with van der Waals surface area (Å²) in [5.41, 5.74) is 6.10. The van der Waals surface area contributed by atoms with Crippen LogP contribution in [0.4, 0.5) is 5.69 Å². The first-order valence-corrected chi connectivity index (χ1v) is 7.39. The zero-order valence-corrected chi connectivity index (χ0v) is 13.8. The van der Waals surface area contributed by atoms with Gasteiger partial charge in [-0.3, -0.25) is 0 Å². The van der Waals surface area contributed by atoms with Gasteiger partial charge in [0.05, 0.1) is 0 Å². The van der Waals surface area contributed by atoms with Gasteiger partial charge in [-0.05, 0) is 35.6 Å². The fourth-order valence-corrected chi connectivity index (χ4v) is 2.28. The average Bonchev–Trinajstić information content (AvgIpc) is 2.46. The Morgan fingerprint density at radius 3 is 2.19 bits per heavy atom. The highest BCUT2D eigenvalue weighted by Gasteiger charge is 2.15. The monoisotopic (exact) mass is 279 g/mol. The molecule has 0 N–H and O–H groups in total. The Morgan fingerprint density at radius 1 is 1.00 bits per heavy atom. The quantitative estimate of drug-likeness (QED) is 0.727. The van der Waals surface area contributed by atoms with Crippen LogP contribution in [0.3, 0.4) is 0 Å². The molecule has 0 saturated heterocycles. The normalized spacial score (nSPS) is 11.3. The maximum Gasteiger partial charge on any atom is 0.0411 e. The minimum atomic E-state index is 0.155. The molecule has 0 heterocycles. The summed E-state index contributed by atoms with van der Waals surface area (Å²) < 4.78 is 0. The highest BCUT2D eigenvalue weighted by atomic mass is 15.1. The smallest absolute Gasteiger partial charge is 0.0411 e. The van der Waals surface area contributed by atoms with Crippen molar-refractivity contribution in [3.8, 4) is 0 Å². The molecule has 0 unspecified atom stereocenters. The number of aryl methyl sites for hydroxylation is 1. The molecule has 1 nitrogen and oxygen atoms in total. The van der Waals surface area contributed by atoms with E-state index in [9.17, 15) is 0 Å². The van der Waals surface area contributed by atoms with E-state index >= 15 is 0 Å². The lowest BCUT2D eigenvalue weighted by Gasteiger charge is -2.25. The summed E-state index contributed by atoms with van der Waals surface area (Å²) >= 11 is 0. The van der Waals surface area contributed by atoms with Crippen molar-refractivity contribution in [3.05, 3.63) is 71.8 Å². The van der Waals surface area contributed by atoms with Gasteiger partial charge in [-0.25, -0.2) is 0 Å². The van der Waals surface area contributed by atoms with Crippen molar-refractivity contribution in [2.24, 2.45) is 0 Å². The molecule has 0 aliphatic heterocycles. The van der Waals surface area contributed by atoms with Crippen LogP contribution in [0.1, 0.15) is 37.5 Å². The lowest BCUT2D eigenvalue weighted by molar-refractivity contribution is 0.590. The second kappa shape index (κ2) is 5.77. The molecule has 0 radical (unpaired) electrons. The third-order valence-electron chi connectivity index (χ3n) is 3.89. The molecule has 0 saturated carbocycles. The Labute approximate surface area is 128 Å². The Kier molecular flexibility index (Phi) is 4.22. The molecule has 0 bridgehead atoms. The van der Waals surface area contributed by atoms with Crippen LogP contribution >= 0.6 is 0 Å². The molecule has 0 fully saturated rings. The van der Waals surface area contributed by atoms with Gasteiger partial charge in [-0.2, -0.15) is 0 Å². The van der Waals surface area contributed by atoms with Crippen molar-refractivity contribution in [1.82, 2.24) is 0 Å². The topological polar surface area (TPSA) is 3.24 Å². The molecular formula is C20H25N. The number of rotatable bonds is 3. The first-order chi connectivity index (χ1) is 9.79. The minimum Gasteiger partial charge on any atom is -0.345 e. The van der Waals surface area contributed by atoms with E-state index in [1.54, 1.807) is 0 Å². The Balaban J connectivity index is 2.29. The number of anilines is 1. The highest BCUT2D eigenvalue weighted by molar-refractivity contribution is 5.77. The molecule has 0 amide bonds. The molecular weight excluding hydrogens is 254 g/mol.